The predicted molar refractivity (Wildman–Crippen MR) is 73.7 cm³/mol. The molecule has 2 aliphatic heterocycles. The van der Waals surface area contributed by atoms with E-state index in [2.05, 4.69) is 5.32 Å². The maximum Gasteiger partial charge on any atom is 0.339 e. The summed E-state index contributed by atoms with van der Waals surface area (Å²) >= 11 is 0. The van der Waals surface area contributed by atoms with Crippen molar-refractivity contribution < 1.29 is 19.1 Å². The number of benzene rings is 1. The summed E-state index contributed by atoms with van der Waals surface area (Å²) in [5.74, 6) is -0.430. The van der Waals surface area contributed by atoms with Crippen molar-refractivity contribution in [2.24, 2.45) is 0 Å². The lowest BCUT2D eigenvalue weighted by Gasteiger charge is -2.14. The van der Waals surface area contributed by atoms with E-state index in [1.165, 1.54) is 0 Å². The van der Waals surface area contributed by atoms with Crippen molar-refractivity contribution in [1.82, 2.24) is 5.32 Å². The molecule has 2 unspecified atom stereocenters. The molecule has 1 aliphatic carbocycles. The van der Waals surface area contributed by atoms with Crippen molar-refractivity contribution in [3.8, 4) is 0 Å². The number of fused-ring (bicyclic) bond motifs is 1. The lowest BCUT2D eigenvalue weighted by atomic mass is 10.0. The number of amides is 1. The maximum absolute atomic E-state index is 12.1. The van der Waals surface area contributed by atoms with Crippen LogP contribution >= 0.6 is 0 Å². The number of carbonyl (C=O) groups excluding carboxylic acids is 2. The number of rotatable bonds is 3. The summed E-state index contributed by atoms with van der Waals surface area (Å²) in [5, 5.41) is 2.99. The highest BCUT2D eigenvalue weighted by molar-refractivity contribution is 5.94. The molecule has 1 N–H and O–H groups in total. The zero-order valence-electron chi connectivity index (χ0n) is 11.6. The van der Waals surface area contributed by atoms with E-state index in [1.807, 2.05) is 12.1 Å². The SMILES string of the molecule is O=C(CC1OC(=O)c2ccccc21)NC1COC2(CC2)C1. The van der Waals surface area contributed by atoms with Gasteiger partial charge in [0.25, 0.3) is 0 Å². The Hall–Kier alpha value is -1.88. The first-order chi connectivity index (χ1) is 10.2. The van der Waals surface area contributed by atoms with Gasteiger partial charge < -0.3 is 14.8 Å². The van der Waals surface area contributed by atoms with Crippen LogP contribution < -0.4 is 5.32 Å². The Labute approximate surface area is 122 Å². The molecular weight excluding hydrogens is 270 g/mol. The molecule has 0 radical (unpaired) electrons. The highest BCUT2D eigenvalue weighted by Crippen LogP contribution is 2.47. The van der Waals surface area contributed by atoms with Gasteiger partial charge >= 0.3 is 5.97 Å². The Balaban J connectivity index is 1.38. The predicted octanol–water partition coefficient (Wildman–Crippen LogP) is 1.73. The van der Waals surface area contributed by atoms with E-state index in [9.17, 15) is 9.59 Å². The minimum absolute atomic E-state index is 0.0599. The highest BCUT2D eigenvalue weighted by Gasteiger charge is 2.50. The van der Waals surface area contributed by atoms with Gasteiger partial charge in [-0.05, 0) is 25.3 Å². The Morgan fingerprint density at radius 1 is 1.33 bits per heavy atom. The quantitative estimate of drug-likeness (QED) is 0.860. The van der Waals surface area contributed by atoms with E-state index in [0.717, 1.165) is 24.8 Å². The molecule has 5 nitrogen and oxygen atoms in total. The van der Waals surface area contributed by atoms with Crippen LogP contribution in [0.15, 0.2) is 24.3 Å². The number of nitrogens with one attached hydrogen (secondary N) is 1. The zero-order valence-corrected chi connectivity index (χ0v) is 11.6. The largest absolute Gasteiger partial charge is 0.453 e. The molecular formula is C16H17NO4. The van der Waals surface area contributed by atoms with Crippen LogP contribution in [0.3, 0.4) is 0 Å². The normalized spacial score (nSPS) is 28.3. The topological polar surface area (TPSA) is 64.6 Å². The van der Waals surface area contributed by atoms with Crippen LogP contribution in [-0.4, -0.2) is 30.1 Å². The fraction of sp³-hybridized carbons (Fsp3) is 0.500. The smallest absolute Gasteiger partial charge is 0.339 e. The number of ether oxygens (including phenoxy) is 2. The first kappa shape index (κ1) is 12.8. The second-order valence-corrected chi connectivity index (χ2v) is 6.15. The first-order valence-electron chi connectivity index (χ1n) is 7.38. The van der Waals surface area contributed by atoms with Crippen LogP contribution in [0.2, 0.25) is 0 Å². The van der Waals surface area contributed by atoms with Gasteiger partial charge in [-0.25, -0.2) is 4.79 Å². The van der Waals surface area contributed by atoms with Crippen LogP contribution in [0.1, 0.15) is 47.7 Å². The van der Waals surface area contributed by atoms with E-state index < -0.39 is 6.10 Å². The second-order valence-electron chi connectivity index (χ2n) is 6.15. The van der Waals surface area contributed by atoms with Gasteiger partial charge in [-0.3, -0.25) is 4.79 Å². The fourth-order valence-electron chi connectivity index (χ4n) is 3.25. The summed E-state index contributed by atoms with van der Waals surface area (Å²) in [5.41, 5.74) is 1.43. The molecule has 1 amide bonds. The second kappa shape index (κ2) is 4.56. The molecule has 4 rings (SSSR count). The molecule has 21 heavy (non-hydrogen) atoms. The molecule has 110 valence electrons. The average molecular weight is 287 g/mol. The van der Waals surface area contributed by atoms with Gasteiger partial charge in [-0.15, -0.1) is 0 Å². The molecule has 1 aromatic rings. The molecule has 1 saturated heterocycles. The summed E-state index contributed by atoms with van der Waals surface area (Å²) < 4.78 is 11.0. The third-order valence-corrected chi connectivity index (χ3v) is 4.53. The molecule has 3 aliphatic rings. The summed E-state index contributed by atoms with van der Waals surface area (Å²) in [6.45, 7) is 0.590. The van der Waals surface area contributed by atoms with Crippen LogP contribution in [0.4, 0.5) is 0 Å². The first-order valence-corrected chi connectivity index (χ1v) is 7.38. The third kappa shape index (κ3) is 2.31. The van der Waals surface area contributed by atoms with Crippen molar-refractivity contribution in [3.63, 3.8) is 0 Å². The minimum Gasteiger partial charge on any atom is -0.453 e. The lowest BCUT2D eigenvalue weighted by molar-refractivity contribution is -0.123. The minimum atomic E-state index is -0.467. The molecule has 0 bridgehead atoms. The molecule has 2 atom stereocenters. The zero-order chi connectivity index (χ0) is 14.4. The molecule has 2 fully saturated rings. The van der Waals surface area contributed by atoms with Gasteiger partial charge in [0.15, 0.2) is 0 Å². The summed E-state index contributed by atoms with van der Waals surface area (Å²) in [7, 11) is 0. The molecule has 0 aromatic heterocycles. The Morgan fingerprint density at radius 3 is 2.90 bits per heavy atom. The monoisotopic (exact) mass is 287 g/mol. The van der Waals surface area contributed by atoms with Crippen molar-refractivity contribution in [3.05, 3.63) is 35.4 Å². The van der Waals surface area contributed by atoms with Gasteiger partial charge in [0, 0.05) is 5.56 Å². The highest BCUT2D eigenvalue weighted by atomic mass is 16.5. The van der Waals surface area contributed by atoms with Gasteiger partial charge in [-0.2, -0.15) is 0 Å². The van der Waals surface area contributed by atoms with Crippen molar-refractivity contribution in [2.75, 3.05) is 6.61 Å². The van der Waals surface area contributed by atoms with E-state index in [0.29, 0.717) is 12.2 Å². The molecule has 1 spiro atoms. The Morgan fingerprint density at radius 2 is 2.14 bits per heavy atom. The van der Waals surface area contributed by atoms with Crippen LogP contribution in [0, 0.1) is 0 Å². The Bertz CT molecular complexity index is 608. The van der Waals surface area contributed by atoms with Crippen molar-refractivity contribution >= 4 is 11.9 Å². The number of hydrogen-bond acceptors (Lipinski definition) is 4. The van der Waals surface area contributed by atoms with Crippen molar-refractivity contribution in [2.45, 2.75) is 43.4 Å². The molecule has 1 saturated carbocycles. The van der Waals surface area contributed by atoms with Crippen LogP contribution in [0.5, 0.6) is 0 Å². The van der Waals surface area contributed by atoms with E-state index >= 15 is 0 Å². The van der Waals surface area contributed by atoms with E-state index in [1.54, 1.807) is 12.1 Å². The fourth-order valence-corrected chi connectivity index (χ4v) is 3.25. The van der Waals surface area contributed by atoms with Gasteiger partial charge in [0.1, 0.15) is 6.10 Å². The Kier molecular flexibility index (Phi) is 2.79. The number of carbonyl (C=O) groups is 2. The number of esters is 1. The lowest BCUT2D eigenvalue weighted by Crippen LogP contribution is -2.36. The van der Waals surface area contributed by atoms with Crippen LogP contribution in [-0.2, 0) is 14.3 Å². The van der Waals surface area contributed by atoms with Crippen molar-refractivity contribution in [1.29, 1.82) is 0 Å². The standard InChI is InChI=1S/C16H17NO4/c18-14(17-10-8-16(5-6-16)20-9-10)7-13-11-3-1-2-4-12(11)15(19)21-13/h1-4,10,13H,5-9H2,(H,17,18). The van der Waals surface area contributed by atoms with Gasteiger partial charge in [0.05, 0.1) is 30.2 Å². The van der Waals surface area contributed by atoms with Gasteiger partial charge in [0.2, 0.25) is 5.91 Å². The number of hydrogen-bond donors (Lipinski definition) is 1. The van der Waals surface area contributed by atoms with E-state index in [4.69, 9.17) is 9.47 Å². The van der Waals surface area contributed by atoms with Crippen LogP contribution in [0.25, 0.3) is 0 Å². The molecule has 2 heterocycles. The molecule has 5 heteroatoms. The molecule has 1 aromatic carbocycles. The average Bonchev–Trinajstić information content (AvgIpc) is 3.00. The van der Waals surface area contributed by atoms with E-state index in [-0.39, 0.29) is 29.9 Å². The number of cyclic esters (lactones) is 1. The maximum atomic E-state index is 12.1. The van der Waals surface area contributed by atoms with Gasteiger partial charge in [-0.1, -0.05) is 18.2 Å². The summed E-state index contributed by atoms with van der Waals surface area (Å²) in [4.78, 5) is 23.9. The summed E-state index contributed by atoms with van der Waals surface area (Å²) in [6.07, 6.45) is 2.82. The summed E-state index contributed by atoms with van der Waals surface area (Å²) in [6, 6.07) is 7.32. The third-order valence-electron chi connectivity index (χ3n) is 4.53.